The number of rotatable bonds is 6. The lowest BCUT2D eigenvalue weighted by Gasteiger charge is -2.32. The fraction of sp³-hybridized carbons (Fsp3) is 0.333. The Balaban J connectivity index is 1.63. The van der Waals surface area contributed by atoms with Crippen LogP contribution in [0.4, 0.5) is 28.0 Å². The molecule has 1 unspecified atom stereocenters. The zero-order chi connectivity index (χ0) is 29.6. The number of benzene rings is 2. The second-order valence-electron chi connectivity index (χ2n) is 9.16. The Morgan fingerprint density at radius 1 is 1.15 bits per heavy atom. The van der Waals surface area contributed by atoms with Crippen molar-refractivity contribution >= 4 is 38.5 Å². The summed E-state index contributed by atoms with van der Waals surface area (Å²) in [5, 5.41) is 5.65. The molecule has 0 bridgehead atoms. The van der Waals surface area contributed by atoms with Gasteiger partial charge in [0.1, 0.15) is 18.4 Å². The first-order chi connectivity index (χ1) is 18.6. The number of fused-ring (bicyclic) bond motifs is 2. The lowest BCUT2D eigenvalue weighted by molar-refractivity contribution is -0.187. The van der Waals surface area contributed by atoms with Gasteiger partial charge in [0.25, 0.3) is 11.0 Å². The average Bonchev–Trinajstić information content (AvgIpc) is 3.30. The Labute approximate surface area is 225 Å². The smallest absolute Gasteiger partial charge is 0.341 e. The number of carbonyl (C=O) groups excluding carboxylic acids is 4. The summed E-state index contributed by atoms with van der Waals surface area (Å²) in [6.45, 7) is -1.24. The van der Waals surface area contributed by atoms with Gasteiger partial charge in [0.05, 0.1) is 11.6 Å². The molecular formula is C24H23F4N5O6S. The van der Waals surface area contributed by atoms with Gasteiger partial charge in [-0.2, -0.15) is 13.2 Å². The predicted molar refractivity (Wildman–Crippen MR) is 131 cm³/mol. The van der Waals surface area contributed by atoms with Gasteiger partial charge in [-0.3, -0.25) is 19.7 Å². The Morgan fingerprint density at radius 3 is 2.40 bits per heavy atom. The molecule has 2 aromatic rings. The molecule has 4 rings (SSSR count). The number of halogens is 4. The lowest BCUT2D eigenvalue weighted by atomic mass is 9.91. The molecule has 2 heterocycles. The van der Waals surface area contributed by atoms with Gasteiger partial charge in [0.15, 0.2) is 0 Å². The summed E-state index contributed by atoms with van der Waals surface area (Å²) in [5.74, 6) is -2.90. The van der Waals surface area contributed by atoms with Crippen LogP contribution < -0.4 is 16.0 Å². The topological polar surface area (TPSA) is 145 Å². The number of nitrogens with one attached hydrogen (secondary N) is 3. The highest BCUT2D eigenvalue weighted by Gasteiger charge is 2.64. The standard InChI is InChI=1S/C24H23F4N5O6S/c1-13(24(26,27)28)33(10-14-3-5-15(25)6-4-14)19(34)11-32-12-30-23(20(32)35)17-8-7-16(31-22(37)29-2)9-18(17)40(38,39)21(23)36/h3-9,13,30H,10-12H2,1-2H3,(H2,29,31,37)/t13-,23?/m0/s1. The Hall–Kier alpha value is -4.05. The minimum absolute atomic E-state index is 0.0154. The lowest BCUT2D eigenvalue weighted by Crippen LogP contribution is -2.52. The number of carbonyl (C=O) groups is 4. The SMILES string of the molecule is CNC(=O)Nc1ccc2c(c1)S(=O)(=O)C(=O)C21NCN(CC(=O)N(Cc2ccc(F)cc2)[C@@H](C)C(F)(F)F)C1=O. The van der Waals surface area contributed by atoms with Crippen LogP contribution in [0.15, 0.2) is 47.4 Å². The molecule has 2 aliphatic heterocycles. The van der Waals surface area contributed by atoms with E-state index in [0.29, 0.717) is 4.90 Å². The summed E-state index contributed by atoms with van der Waals surface area (Å²) in [7, 11) is -3.39. The average molecular weight is 586 g/mol. The molecule has 2 aromatic carbocycles. The third-order valence-electron chi connectivity index (χ3n) is 6.71. The summed E-state index contributed by atoms with van der Waals surface area (Å²) in [6, 6.07) is 4.93. The number of urea groups is 1. The maximum absolute atomic E-state index is 13.6. The molecule has 1 fully saturated rings. The van der Waals surface area contributed by atoms with Crippen LogP contribution in [0.1, 0.15) is 18.1 Å². The Morgan fingerprint density at radius 2 is 1.80 bits per heavy atom. The van der Waals surface area contributed by atoms with Crippen LogP contribution in [0.25, 0.3) is 0 Å². The molecule has 2 aliphatic rings. The van der Waals surface area contributed by atoms with Crippen LogP contribution in [-0.4, -0.2) is 73.7 Å². The summed E-state index contributed by atoms with van der Waals surface area (Å²) in [4.78, 5) is 52.0. The van der Waals surface area contributed by atoms with E-state index >= 15 is 0 Å². The van der Waals surface area contributed by atoms with Gasteiger partial charge in [-0.1, -0.05) is 18.2 Å². The molecule has 1 spiro atoms. The third-order valence-corrected chi connectivity index (χ3v) is 8.42. The van der Waals surface area contributed by atoms with Gasteiger partial charge in [-0.15, -0.1) is 0 Å². The summed E-state index contributed by atoms with van der Waals surface area (Å²) >= 11 is 0. The van der Waals surface area contributed by atoms with Gasteiger partial charge < -0.3 is 20.4 Å². The first-order valence-electron chi connectivity index (χ1n) is 11.7. The number of hydrogen-bond acceptors (Lipinski definition) is 7. The maximum atomic E-state index is 13.6. The Kier molecular flexibility index (Phi) is 7.36. The van der Waals surface area contributed by atoms with Crippen LogP contribution in [0.2, 0.25) is 0 Å². The van der Waals surface area contributed by atoms with Crippen LogP contribution in [-0.2, 0) is 36.3 Å². The highest BCUT2D eigenvalue weighted by atomic mass is 32.2. The second-order valence-corrected chi connectivity index (χ2v) is 11.0. The first-order valence-corrected chi connectivity index (χ1v) is 13.2. The highest BCUT2D eigenvalue weighted by molar-refractivity contribution is 8.06. The van der Waals surface area contributed by atoms with Crippen molar-refractivity contribution in [2.45, 2.75) is 36.1 Å². The van der Waals surface area contributed by atoms with Crippen molar-refractivity contribution in [3.8, 4) is 0 Å². The largest absolute Gasteiger partial charge is 0.408 e. The zero-order valence-corrected chi connectivity index (χ0v) is 21.8. The van der Waals surface area contributed by atoms with Crippen molar-refractivity contribution in [1.82, 2.24) is 20.4 Å². The van der Waals surface area contributed by atoms with Crippen molar-refractivity contribution in [3.05, 3.63) is 59.4 Å². The van der Waals surface area contributed by atoms with E-state index in [1.54, 1.807) is 0 Å². The van der Waals surface area contributed by atoms with E-state index in [9.17, 15) is 45.2 Å². The fourth-order valence-corrected chi connectivity index (χ4v) is 6.16. The molecule has 4 amide bonds. The number of sulfone groups is 1. The molecule has 0 saturated carbocycles. The van der Waals surface area contributed by atoms with Crippen molar-refractivity contribution in [1.29, 1.82) is 0 Å². The molecule has 0 radical (unpaired) electrons. The zero-order valence-electron chi connectivity index (χ0n) is 21.0. The summed E-state index contributed by atoms with van der Waals surface area (Å²) in [6.07, 6.45) is -4.83. The van der Waals surface area contributed by atoms with Crippen LogP contribution in [0.3, 0.4) is 0 Å². The third kappa shape index (κ3) is 4.88. The van der Waals surface area contributed by atoms with E-state index in [1.807, 2.05) is 0 Å². The van der Waals surface area contributed by atoms with E-state index in [2.05, 4.69) is 16.0 Å². The fourth-order valence-electron chi connectivity index (χ4n) is 4.49. The van der Waals surface area contributed by atoms with Gasteiger partial charge in [0.2, 0.25) is 21.3 Å². The van der Waals surface area contributed by atoms with Crippen molar-refractivity contribution in [2.24, 2.45) is 0 Å². The van der Waals surface area contributed by atoms with Crippen LogP contribution >= 0.6 is 0 Å². The van der Waals surface area contributed by atoms with E-state index in [0.717, 1.165) is 36.1 Å². The molecule has 1 saturated heterocycles. The molecule has 16 heteroatoms. The van der Waals surface area contributed by atoms with E-state index in [4.69, 9.17) is 0 Å². The van der Waals surface area contributed by atoms with Crippen LogP contribution in [0, 0.1) is 5.82 Å². The molecule has 0 aliphatic carbocycles. The van der Waals surface area contributed by atoms with Crippen molar-refractivity contribution in [3.63, 3.8) is 0 Å². The number of alkyl halides is 3. The molecule has 11 nitrogen and oxygen atoms in total. The second kappa shape index (κ2) is 10.2. The van der Waals surface area contributed by atoms with Gasteiger partial charge in [0, 0.05) is 24.8 Å². The molecular weight excluding hydrogens is 562 g/mol. The molecule has 214 valence electrons. The van der Waals surface area contributed by atoms with Gasteiger partial charge in [-0.05, 0) is 36.8 Å². The molecule has 3 N–H and O–H groups in total. The maximum Gasteiger partial charge on any atom is 0.408 e. The molecule has 0 aromatic heterocycles. The summed E-state index contributed by atoms with van der Waals surface area (Å²) in [5.41, 5.74) is -2.45. The minimum atomic E-state index is -4.83. The van der Waals surface area contributed by atoms with E-state index in [1.165, 1.54) is 25.2 Å². The van der Waals surface area contributed by atoms with Gasteiger partial charge >= 0.3 is 12.2 Å². The number of nitrogens with zero attached hydrogens (tertiary/aromatic N) is 2. The normalized spacial score (nSPS) is 20.4. The van der Waals surface area contributed by atoms with E-state index in [-0.39, 0.29) is 16.8 Å². The van der Waals surface area contributed by atoms with Crippen molar-refractivity contribution in [2.75, 3.05) is 25.6 Å². The number of anilines is 1. The first kappa shape index (κ1) is 28.9. The minimum Gasteiger partial charge on any atom is -0.341 e. The number of hydrogen-bond donors (Lipinski definition) is 3. The number of amides is 4. The monoisotopic (exact) mass is 585 g/mol. The van der Waals surface area contributed by atoms with Crippen LogP contribution in [0.5, 0.6) is 0 Å². The highest BCUT2D eigenvalue weighted by Crippen LogP contribution is 2.44. The Bertz CT molecular complexity index is 1500. The van der Waals surface area contributed by atoms with Crippen molar-refractivity contribution < 1.29 is 45.2 Å². The predicted octanol–water partition coefficient (Wildman–Crippen LogP) is 1.46. The summed E-state index contributed by atoms with van der Waals surface area (Å²) < 4.78 is 80.0. The van der Waals surface area contributed by atoms with E-state index < -0.39 is 81.0 Å². The molecule has 40 heavy (non-hydrogen) atoms. The van der Waals surface area contributed by atoms with Gasteiger partial charge in [-0.25, -0.2) is 17.6 Å². The molecule has 2 atom stereocenters. The quantitative estimate of drug-likeness (QED) is 0.344.